The molecule has 0 bridgehead atoms. The highest BCUT2D eigenvalue weighted by molar-refractivity contribution is 4.82. The van der Waals surface area contributed by atoms with Gasteiger partial charge in [0.2, 0.25) is 0 Å². The van der Waals surface area contributed by atoms with E-state index >= 15 is 0 Å². The lowest BCUT2D eigenvalue weighted by atomic mass is 9.82. The smallest absolute Gasteiger partial charge is 0.0540 e. The molecule has 2 atom stereocenters. The van der Waals surface area contributed by atoms with Crippen LogP contribution in [0.1, 0.15) is 64.7 Å². The molecular weight excluding hydrogens is 210 g/mol. The first-order chi connectivity index (χ1) is 8.29. The van der Waals surface area contributed by atoms with Crippen LogP contribution in [-0.4, -0.2) is 23.8 Å². The van der Waals surface area contributed by atoms with Crippen LogP contribution in [0.5, 0.6) is 0 Å². The first-order valence-corrected chi connectivity index (χ1v) is 7.71. The predicted octanol–water partition coefficient (Wildman–Crippen LogP) is 3.10. The van der Waals surface area contributed by atoms with Gasteiger partial charge in [-0.2, -0.15) is 0 Å². The molecule has 2 aliphatic rings. The number of aliphatic hydroxyl groups is 1. The van der Waals surface area contributed by atoms with Crippen LogP contribution in [0.15, 0.2) is 0 Å². The SMILES string of the molecule is CCC1CCCCC1NCC1CCC(O)CC1. The van der Waals surface area contributed by atoms with E-state index in [-0.39, 0.29) is 6.10 Å². The lowest BCUT2D eigenvalue weighted by molar-refractivity contribution is 0.105. The minimum atomic E-state index is -0.00989. The lowest BCUT2D eigenvalue weighted by Crippen LogP contribution is -2.41. The van der Waals surface area contributed by atoms with Crippen molar-refractivity contribution in [2.75, 3.05) is 6.54 Å². The quantitative estimate of drug-likeness (QED) is 0.790. The second kappa shape index (κ2) is 6.75. The van der Waals surface area contributed by atoms with Gasteiger partial charge in [-0.25, -0.2) is 0 Å². The van der Waals surface area contributed by atoms with Gasteiger partial charge in [0.25, 0.3) is 0 Å². The van der Waals surface area contributed by atoms with Gasteiger partial charge in [-0.1, -0.05) is 26.2 Å². The summed E-state index contributed by atoms with van der Waals surface area (Å²) in [5.74, 6) is 1.73. The Labute approximate surface area is 106 Å². The van der Waals surface area contributed by atoms with Gasteiger partial charge in [0, 0.05) is 6.04 Å². The van der Waals surface area contributed by atoms with Crippen LogP contribution >= 0.6 is 0 Å². The van der Waals surface area contributed by atoms with Crippen LogP contribution in [0.3, 0.4) is 0 Å². The largest absolute Gasteiger partial charge is 0.393 e. The van der Waals surface area contributed by atoms with E-state index in [1.165, 1.54) is 51.5 Å². The molecule has 2 saturated carbocycles. The molecule has 0 aromatic rings. The van der Waals surface area contributed by atoms with E-state index in [1.807, 2.05) is 0 Å². The molecule has 0 spiro atoms. The van der Waals surface area contributed by atoms with Crippen molar-refractivity contribution < 1.29 is 5.11 Å². The summed E-state index contributed by atoms with van der Waals surface area (Å²) in [5.41, 5.74) is 0. The Morgan fingerprint density at radius 3 is 2.41 bits per heavy atom. The highest BCUT2D eigenvalue weighted by Crippen LogP contribution is 2.28. The molecule has 2 N–H and O–H groups in total. The molecule has 100 valence electrons. The van der Waals surface area contributed by atoms with Gasteiger partial charge in [0.15, 0.2) is 0 Å². The van der Waals surface area contributed by atoms with Crippen LogP contribution < -0.4 is 5.32 Å². The number of nitrogens with one attached hydrogen (secondary N) is 1. The van der Waals surface area contributed by atoms with Crippen molar-refractivity contribution in [2.45, 2.75) is 76.9 Å². The maximum Gasteiger partial charge on any atom is 0.0540 e. The average molecular weight is 239 g/mol. The molecule has 2 heteroatoms. The van der Waals surface area contributed by atoms with Gasteiger partial charge < -0.3 is 10.4 Å². The zero-order valence-corrected chi connectivity index (χ0v) is 11.3. The highest BCUT2D eigenvalue weighted by atomic mass is 16.3. The summed E-state index contributed by atoms with van der Waals surface area (Å²) >= 11 is 0. The van der Waals surface area contributed by atoms with Gasteiger partial charge in [-0.3, -0.25) is 0 Å². The average Bonchev–Trinajstić information content (AvgIpc) is 2.38. The Kier molecular flexibility index (Phi) is 5.30. The zero-order valence-electron chi connectivity index (χ0n) is 11.3. The molecule has 0 amide bonds. The Balaban J connectivity index is 1.69. The molecular formula is C15H29NO. The monoisotopic (exact) mass is 239 g/mol. The van der Waals surface area contributed by atoms with Crippen LogP contribution in [0, 0.1) is 11.8 Å². The van der Waals surface area contributed by atoms with E-state index in [2.05, 4.69) is 12.2 Å². The second-order valence-corrected chi connectivity index (χ2v) is 6.14. The van der Waals surface area contributed by atoms with Crippen molar-refractivity contribution in [3.8, 4) is 0 Å². The summed E-state index contributed by atoms with van der Waals surface area (Å²) in [6.07, 6.45) is 11.5. The lowest BCUT2D eigenvalue weighted by Gasteiger charge is -2.34. The standard InChI is InChI=1S/C15H29NO/c1-2-13-5-3-4-6-15(13)16-11-12-7-9-14(17)10-8-12/h12-17H,2-11H2,1H3. The van der Waals surface area contributed by atoms with Crippen LogP contribution in [0.4, 0.5) is 0 Å². The van der Waals surface area contributed by atoms with Crippen molar-refractivity contribution >= 4 is 0 Å². The van der Waals surface area contributed by atoms with Crippen molar-refractivity contribution in [2.24, 2.45) is 11.8 Å². The Morgan fingerprint density at radius 1 is 1.00 bits per heavy atom. The molecule has 17 heavy (non-hydrogen) atoms. The molecule has 2 rings (SSSR count). The van der Waals surface area contributed by atoms with Crippen LogP contribution in [0.2, 0.25) is 0 Å². The molecule has 2 aliphatic carbocycles. The second-order valence-electron chi connectivity index (χ2n) is 6.14. The first-order valence-electron chi connectivity index (χ1n) is 7.71. The van der Waals surface area contributed by atoms with Gasteiger partial charge in [0.1, 0.15) is 0 Å². The summed E-state index contributed by atoms with van der Waals surface area (Å²) < 4.78 is 0. The summed E-state index contributed by atoms with van der Waals surface area (Å²) in [4.78, 5) is 0. The minimum Gasteiger partial charge on any atom is -0.393 e. The first kappa shape index (κ1) is 13.4. The number of rotatable bonds is 4. The number of hydrogen-bond acceptors (Lipinski definition) is 2. The Morgan fingerprint density at radius 2 is 1.71 bits per heavy atom. The summed E-state index contributed by atoms with van der Waals surface area (Å²) in [5, 5.41) is 13.3. The maximum absolute atomic E-state index is 9.50. The van der Waals surface area contributed by atoms with E-state index in [0.717, 1.165) is 30.7 Å². The number of aliphatic hydroxyl groups excluding tert-OH is 1. The summed E-state index contributed by atoms with van der Waals surface area (Å²) in [6.45, 7) is 3.52. The third kappa shape index (κ3) is 3.96. The molecule has 0 radical (unpaired) electrons. The third-order valence-corrected chi connectivity index (χ3v) is 4.92. The van der Waals surface area contributed by atoms with Gasteiger partial charge in [0.05, 0.1) is 6.10 Å². The molecule has 2 nitrogen and oxygen atoms in total. The van der Waals surface area contributed by atoms with Crippen molar-refractivity contribution in [3.63, 3.8) is 0 Å². The fourth-order valence-corrected chi connectivity index (χ4v) is 3.63. The van der Waals surface area contributed by atoms with E-state index in [0.29, 0.717) is 0 Å². The molecule has 2 unspecified atom stereocenters. The minimum absolute atomic E-state index is 0.00989. The highest BCUT2D eigenvalue weighted by Gasteiger charge is 2.25. The third-order valence-electron chi connectivity index (χ3n) is 4.92. The summed E-state index contributed by atoms with van der Waals surface area (Å²) in [6, 6.07) is 0.778. The molecule has 0 aliphatic heterocycles. The fraction of sp³-hybridized carbons (Fsp3) is 1.00. The van der Waals surface area contributed by atoms with Gasteiger partial charge in [-0.05, 0) is 56.9 Å². The summed E-state index contributed by atoms with van der Waals surface area (Å²) in [7, 11) is 0. The van der Waals surface area contributed by atoms with Crippen molar-refractivity contribution in [3.05, 3.63) is 0 Å². The normalized spacial score (nSPS) is 39.2. The predicted molar refractivity (Wildman–Crippen MR) is 72.0 cm³/mol. The van der Waals surface area contributed by atoms with E-state index in [4.69, 9.17) is 0 Å². The molecule has 0 aromatic heterocycles. The van der Waals surface area contributed by atoms with Gasteiger partial charge in [-0.15, -0.1) is 0 Å². The van der Waals surface area contributed by atoms with Crippen LogP contribution in [-0.2, 0) is 0 Å². The van der Waals surface area contributed by atoms with E-state index in [1.54, 1.807) is 0 Å². The fourth-order valence-electron chi connectivity index (χ4n) is 3.63. The van der Waals surface area contributed by atoms with E-state index < -0.39 is 0 Å². The number of hydrogen-bond donors (Lipinski definition) is 2. The Hall–Kier alpha value is -0.0800. The topological polar surface area (TPSA) is 32.3 Å². The van der Waals surface area contributed by atoms with Crippen LogP contribution in [0.25, 0.3) is 0 Å². The van der Waals surface area contributed by atoms with E-state index in [9.17, 15) is 5.11 Å². The van der Waals surface area contributed by atoms with Gasteiger partial charge >= 0.3 is 0 Å². The molecule has 0 aromatic carbocycles. The Bertz CT molecular complexity index is 211. The molecule has 0 saturated heterocycles. The zero-order chi connectivity index (χ0) is 12.1. The van der Waals surface area contributed by atoms with Crippen molar-refractivity contribution in [1.29, 1.82) is 0 Å². The maximum atomic E-state index is 9.50. The molecule has 2 fully saturated rings. The van der Waals surface area contributed by atoms with Crippen molar-refractivity contribution in [1.82, 2.24) is 5.32 Å². The molecule has 0 heterocycles.